The van der Waals surface area contributed by atoms with Crippen molar-refractivity contribution in [2.75, 3.05) is 0 Å². The zero-order valence-electron chi connectivity index (χ0n) is 15.3. The Morgan fingerprint density at radius 3 is 1.48 bits per heavy atom. The Kier molecular flexibility index (Phi) is 19.9. The maximum atomic E-state index is 10.2. The van der Waals surface area contributed by atoms with Crippen LogP contribution >= 0.6 is 0 Å². The van der Waals surface area contributed by atoms with Crippen LogP contribution in [0, 0.1) is 0 Å². The summed E-state index contributed by atoms with van der Waals surface area (Å²) in [5.74, 6) is 0. The molecule has 0 aliphatic carbocycles. The average Bonchev–Trinajstić information content (AvgIpc) is 2.57. The summed E-state index contributed by atoms with van der Waals surface area (Å²) >= 11 is 0. The summed E-state index contributed by atoms with van der Waals surface area (Å²) in [5.41, 5.74) is 0. The lowest BCUT2D eigenvalue weighted by Crippen LogP contribution is -1.82. The Hall–Kier alpha value is -1.11. The second-order valence-electron chi connectivity index (χ2n) is 6.22. The fraction of sp³-hybridized carbons (Fsp3) is 0.682. The van der Waals surface area contributed by atoms with Crippen LogP contribution in [0.3, 0.4) is 0 Å². The maximum absolute atomic E-state index is 10.2. The first-order chi connectivity index (χ1) is 11.4. The Labute approximate surface area is 144 Å². The van der Waals surface area contributed by atoms with Gasteiger partial charge in [-0.05, 0) is 38.5 Å². The van der Waals surface area contributed by atoms with Gasteiger partial charge < -0.3 is 4.79 Å². The third kappa shape index (κ3) is 20.9. The van der Waals surface area contributed by atoms with Crippen molar-refractivity contribution in [2.45, 2.75) is 96.8 Å². The fourth-order valence-corrected chi connectivity index (χ4v) is 2.55. The van der Waals surface area contributed by atoms with E-state index in [9.17, 15) is 4.79 Å². The zero-order chi connectivity index (χ0) is 16.8. The fourth-order valence-electron chi connectivity index (χ4n) is 2.55. The lowest BCUT2D eigenvalue weighted by atomic mass is 10.1. The Bertz CT molecular complexity index is 312. The van der Waals surface area contributed by atoms with Gasteiger partial charge in [-0.2, -0.15) is 0 Å². The molecule has 0 saturated heterocycles. The van der Waals surface area contributed by atoms with Crippen LogP contribution in [0.2, 0.25) is 0 Å². The van der Waals surface area contributed by atoms with Crippen LogP contribution in [-0.2, 0) is 4.79 Å². The molecule has 0 atom stereocenters. The molecule has 0 spiro atoms. The second kappa shape index (κ2) is 20.9. The number of carbonyl (C=O) groups is 1. The third-order valence-corrected chi connectivity index (χ3v) is 3.97. The van der Waals surface area contributed by atoms with Gasteiger partial charge in [0.1, 0.15) is 6.29 Å². The van der Waals surface area contributed by atoms with Crippen molar-refractivity contribution in [3.05, 3.63) is 36.5 Å². The standard InChI is InChI=1S/C22H38O/c1-2-3-4-5-6-7-8-9-10-11-12-13-14-15-16-17-18-19-20-21-22-23/h3-4,6-7,9-10,22H,2,5,8,11-21H2,1H3/b4-3?,7-6?,10-9-. The van der Waals surface area contributed by atoms with E-state index in [1.807, 2.05) is 0 Å². The van der Waals surface area contributed by atoms with Crippen LogP contribution < -0.4 is 0 Å². The van der Waals surface area contributed by atoms with E-state index in [0.717, 1.165) is 38.4 Å². The molecule has 1 nitrogen and oxygen atoms in total. The smallest absolute Gasteiger partial charge is 0.119 e. The molecule has 0 aliphatic heterocycles. The van der Waals surface area contributed by atoms with Crippen molar-refractivity contribution >= 4 is 6.29 Å². The normalized spacial score (nSPS) is 12.0. The largest absolute Gasteiger partial charge is 0.303 e. The summed E-state index contributed by atoms with van der Waals surface area (Å²) in [6.45, 7) is 2.17. The molecule has 0 aromatic carbocycles. The topological polar surface area (TPSA) is 17.1 Å². The molecule has 23 heavy (non-hydrogen) atoms. The summed E-state index contributed by atoms with van der Waals surface area (Å²) in [7, 11) is 0. The highest BCUT2D eigenvalue weighted by atomic mass is 16.1. The number of hydrogen-bond acceptors (Lipinski definition) is 1. The molecular formula is C22H38O. The lowest BCUT2D eigenvalue weighted by molar-refractivity contribution is -0.107. The highest BCUT2D eigenvalue weighted by Gasteiger charge is 1.92. The number of carbonyl (C=O) groups excluding carboxylic acids is 1. The highest BCUT2D eigenvalue weighted by molar-refractivity contribution is 5.48. The maximum Gasteiger partial charge on any atom is 0.119 e. The van der Waals surface area contributed by atoms with E-state index in [2.05, 4.69) is 43.4 Å². The van der Waals surface area contributed by atoms with E-state index in [-0.39, 0.29) is 0 Å². The summed E-state index contributed by atoms with van der Waals surface area (Å²) in [5, 5.41) is 0. The van der Waals surface area contributed by atoms with Crippen molar-refractivity contribution < 1.29 is 4.79 Å². The Balaban J connectivity index is 3.16. The van der Waals surface area contributed by atoms with Gasteiger partial charge >= 0.3 is 0 Å². The van der Waals surface area contributed by atoms with E-state index >= 15 is 0 Å². The Morgan fingerprint density at radius 1 is 0.522 bits per heavy atom. The van der Waals surface area contributed by atoms with E-state index < -0.39 is 0 Å². The van der Waals surface area contributed by atoms with Gasteiger partial charge in [0, 0.05) is 6.42 Å². The van der Waals surface area contributed by atoms with E-state index in [1.165, 1.54) is 57.8 Å². The third-order valence-electron chi connectivity index (χ3n) is 3.97. The minimum atomic E-state index is 0.749. The van der Waals surface area contributed by atoms with Gasteiger partial charge in [-0.25, -0.2) is 0 Å². The first-order valence-corrected chi connectivity index (χ1v) is 9.80. The molecule has 0 aliphatic rings. The lowest BCUT2D eigenvalue weighted by Gasteiger charge is -2.01. The minimum absolute atomic E-state index is 0.749. The van der Waals surface area contributed by atoms with Crippen molar-refractivity contribution in [1.29, 1.82) is 0 Å². The molecule has 0 rings (SSSR count). The SMILES string of the molecule is CCC=CCC=CC/C=C\CCCCCCCCCCCC=O. The molecule has 132 valence electrons. The van der Waals surface area contributed by atoms with Crippen molar-refractivity contribution in [1.82, 2.24) is 0 Å². The first-order valence-electron chi connectivity index (χ1n) is 9.80. The quantitative estimate of drug-likeness (QED) is 0.156. The van der Waals surface area contributed by atoms with Crippen LogP contribution in [0.25, 0.3) is 0 Å². The molecule has 1 heteroatoms. The number of hydrogen-bond donors (Lipinski definition) is 0. The van der Waals surface area contributed by atoms with E-state index in [0.29, 0.717) is 0 Å². The van der Waals surface area contributed by atoms with Gasteiger partial charge in [-0.1, -0.05) is 88.3 Å². The van der Waals surface area contributed by atoms with Crippen LogP contribution in [0.5, 0.6) is 0 Å². The summed E-state index contributed by atoms with van der Waals surface area (Å²) in [6, 6.07) is 0. The number of rotatable bonds is 17. The summed E-state index contributed by atoms with van der Waals surface area (Å²) in [4.78, 5) is 10.2. The van der Waals surface area contributed by atoms with Crippen LogP contribution in [0.1, 0.15) is 96.8 Å². The predicted octanol–water partition coefficient (Wildman–Crippen LogP) is 7.34. The van der Waals surface area contributed by atoms with Gasteiger partial charge in [-0.3, -0.25) is 0 Å². The molecule has 0 aromatic heterocycles. The van der Waals surface area contributed by atoms with Crippen molar-refractivity contribution in [3.8, 4) is 0 Å². The monoisotopic (exact) mass is 318 g/mol. The number of unbranched alkanes of at least 4 members (excludes halogenated alkanes) is 10. The Morgan fingerprint density at radius 2 is 0.957 bits per heavy atom. The summed E-state index contributed by atoms with van der Waals surface area (Å²) < 4.78 is 0. The van der Waals surface area contributed by atoms with Crippen LogP contribution in [0.15, 0.2) is 36.5 Å². The molecule has 0 heterocycles. The van der Waals surface area contributed by atoms with Crippen molar-refractivity contribution in [3.63, 3.8) is 0 Å². The van der Waals surface area contributed by atoms with Gasteiger partial charge in [-0.15, -0.1) is 0 Å². The van der Waals surface area contributed by atoms with E-state index in [4.69, 9.17) is 0 Å². The number of aldehydes is 1. The van der Waals surface area contributed by atoms with Gasteiger partial charge in [0.2, 0.25) is 0 Å². The van der Waals surface area contributed by atoms with E-state index in [1.54, 1.807) is 0 Å². The molecule has 0 aromatic rings. The van der Waals surface area contributed by atoms with Gasteiger partial charge in [0.15, 0.2) is 0 Å². The zero-order valence-corrected chi connectivity index (χ0v) is 15.3. The first kappa shape index (κ1) is 21.9. The molecule has 0 unspecified atom stereocenters. The van der Waals surface area contributed by atoms with Crippen molar-refractivity contribution in [2.24, 2.45) is 0 Å². The summed E-state index contributed by atoms with van der Waals surface area (Å²) in [6.07, 6.45) is 31.7. The van der Waals surface area contributed by atoms with Crippen LogP contribution in [-0.4, -0.2) is 6.29 Å². The molecule has 0 saturated carbocycles. The van der Waals surface area contributed by atoms with Gasteiger partial charge in [0.25, 0.3) is 0 Å². The molecule has 0 amide bonds. The number of allylic oxidation sites excluding steroid dienone is 6. The highest BCUT2D eigenvalue weighted by Crippen LogP contribution is 2.11. The average molecular weight is 319 g/mol. The molecule has 0 radical (unpaired) electrons. The molecule has 0 N–H and O–H groups in total. The molecular weight excluding hydrogens is 280 g/mol. The minimum Gasteiger partial charge on any atom is -0.303 e. The molecule has 0 bridgehead atoms. The molecule has 0 fully saturated rings. The second-order valence-corrected chi connectivity index (χ2v) is 6.22. The predicted molar refractivity (Wildman–Crippen MR) is 104 cm³/mol. The van der Waals surface area contributed by atoms with Gasteiger partial charge in [0.05, 0.1) is 0 Å². The van der Waals surface area contributed by atoms with Crippen LogP contribution in [0.4, 0.5) is 0 Å².